The van der Waals surface area contributed by atoms with Crippen LogP contribution in [0.15, 0.2) is 40.6 Å². The van der Waals surface area contributed by atoms with Gasteiger partial charge in [0.25, 0.3) is 5.91 Å². The van der Waals surface area contributed by atoms with E-state index >= 15 is 0 Å². The van der Waals surface area contributed by atoms with E-state index in [9.17, 15) is 9.59 Å². The summed E-state index contributed by atoms with van der Waals surface area (Å²) < 4.78 is 21.5. The van der Waals surface area contributed by atoms with E-state index in [0.29, 0.717) is 23.0 Å². The number of ketones is 1. The Hall–Kier alpha value is -3.04. The molecule has 31 heavy (non-hydrogen) atoms. The average Bonchev–Trinajstić information content (AvgIpc) is 2.78. The number of halogens is 2. The standard InChI is InChI=1S/C20H21Cl2N3O6/c1-11(26)19(24-23-12-8-16(30-4)18(21)17(9-12)31-5)20(27)25(22)13-6-7-14(28-2)15(10-13)29-3/h6-10,19H,1-5H3. The number of nitrogens with zero attached hydrogens (tertiary/aromatic N) is 3. The zero-order valence-corrected chi connectivity index (χ0v) is 19.0. The molecular formula is C20H21Cl2N3O6. The van der Waals surface area contributed by atoms with Crippen molar-refractivity contribution in [3.8, 4) is 23.0 Å². The third-order valence-electron chi connectivity index (χ3n) is 4.13. The maximum absolute atomic E-state index is 12.8. The third kappa shape index (κ3) is 5.56. The number of amides is 1. The van der Waals surface area contributed by atoms with Crippen molar-refractivity contribution in [2.45, 2.75) is 13.0 Å². The Morgan fingerprint density at radius 3 is 1.94 bits per heavy atom. The van der Waals surface area contributed by atoms with E-state index in [2.05, 4.69) is 10.2 Å². The van der Waals surface area contributed by atoms with E-state index in [1.165, 1.54) is 59.6 Å². The highest BCUT2D eigenvalue weighted by Gasteiger charge is 2.29. The number of carbonyl (C=O) groups is 2. The number of hydrogen-bond donors (Lipinski definition) is 0. The van der Waals surface area contributed by atoms with Crippen molar-refractivity contribution in [1.82, 2.24) is 0 Å². The average molecular weight is 470 g/mol. The van der Waals surface area contributed by atoms with Gasteiger partial charge in [0.15, 0.2) is 17.3 Å². The first-order valence-corrected chi connectivity index (χ1v) is 9.53. The van der Waals surface area contributed by atoms with Crippen LogP contribution >= 0.6 is 23.4 Å². The van der Waals surface area contributed by atoms with Crippen molar-refractivity contribution < 1.29 is 28.5 Å². The largest absolute Gasteiger partial charge is 0.495 e. The number of Topliss-reactive ketones (excluding diaryl/α,β-unsaturated/α-hetero) is 1. The molecule has 2 aromatic rings. The first-order valence-electron chi connectivity index (χ1n) is 8.81. The topological polar surface area (TPSA) is 99.0 Å². The van der Waals surface area contributed by atoms with E-state index in [0.717, 1.165) is 4.42 Å². The van der Waals surface area contributed by atoms with Gasteiger partial charge in [0, 0.05) is 30.0 Å². The van der Waals surface area contributed by atoms with Gasteiger partial charge in [-0.1, -0.05) is 11.6 Å². The normalized spacial score (nSPS) is 11.7. The lowest BCUT2D eigenvalue weighted by Gasteiger charge is -2.18. The van der Waals surface area contributed by atoms with Gasteiger partial charge in [-0.15, -0.1) is 0 Å². The summed E-state index contributed by atoms with van der Waals surface area (Å²) in [7, 11) is 5.79. The van der Waals surface area contributed by atoms with Crippen LogP contribution in [0.1, 0.15) is 6.92 Å². The number of methoxy groups -OCH3 is 4. The van der Waals surface area contributed by atoms with Crippen molar-refractivity contribution >= 4 is 46.4 Å². The maximum Gasteiger partial charge on any atom is 0.276 e. The van der Waals surface area contributed by atoms with Crippen LogP contribution in [-0.2, 0) is 9.59 Å². The smallest absolute Gasteiger partial charge is 0.276 e. The monoisotopic (exact) mass is 469 g/mol. The van der Waals surface area contributed by atoms with Gasteiger partial charge in [-0.2, -0.15) is 10.2 Å². The molecule has 0 bridgehead atoms. The van der Waals surface area contributed by atoms with E-state index in [1.54, 1.807) is 6.07 Å². The van der Waals surface area contributed by atoms with E-state index in [4.69, 9.17) is 42.3 Å². The number of anilines is 1. The predicted octanol–water partition coefficient (Wildman–Crippen LogP) is 4.60. The molecule has 0 spiro atoms. The molecule has 0 aliphatic carbocycles. The van der Waals surface area contributed by atoms with Gasteiger partial charge in [-0.3, -0.25) is 9.59 Å². The number of carbonyl (C=O) groups excluding carboxylic acids is 2. The van der Waals surface area contributed by atoms with Crippen LogP contribution in [0.3, 0.4) is 0 Å². The minimum Gasteiger partial charge on any atom is -0.495 e. The van der Waals surface area contributed by atoms with Gasteiger partial charge in [0.05, 0.1) is 39.8 Å². The molecule has 1 atom stereocenters. The lowest BCUT2D eigenvalue weighted by atomic mass is 10.2. The molecule has 0 heterocycles. The molecule has 2 rings (SSSR count). The van der Waals surface area contributed by atoms with Gasteiger partial charge in [-0.05, 0) is 19.1 Å². The SMILES string of the molecule is COc1ccc(N(Cl)C(=O)C(N=Nc2cc(OC)c(Cl)c(OC)c2)C(C)=O)cc1OC. The fraction of sp³-hybridized carbons (Fsp3) is 0.300. The van der Waals surface area contributed by atoms with Crippen LogP contribution in [0.4, 0.5) is 11.4 Å². The van der Waals surface area contributed by atoms with Crippen molar-refractivity contribution in [3.63, 3.8) is 0 Å². The van der Waals surface area contributed by atoms with Crippen LogP contribution in [0.25, 0.3) is 0 Å². The second-order valence-corrected chi connectivity index (χ2v) is 6.77. The number of hydrogen-bond acceptors (Lipinski definition) is 8. The predicted molar refractivity (Wildman–Crippen MR) is 116 cm³/mol. The van der Waals surface area contributed by atoms with Crippen molar-refractivity contribution in [3.05, 3.63) is 35.4 Å². The Labute approximate surface area is 189 Å². The molecular weight excluding hydrogens is 449 g/mol. The van der Waals surface area contributed by atoms with E-state index in [1.807, 2.05) is 0 Å². The first kappa shape index (κ1) is 24.2. The number of azo groups is 1. The quantitative estimate of drug-likeness (QED) is 0.302. The molecule has 0 radical (unpaired) electrons. The summed E-state index contributed by atoms with van der Waals surface area (Å²) in [4.78, 5) is 24.9. The molecule has 1 unspecified atom stereocenters. The zero-order valence-electron chi connectivity index (χ0n) is 17.5. The molecule has 0 aromatic heterocycles. The highest BCUT2D eigenvalue weighted by Crippen LogP contribution is 2.38. The number of ether oxygens (including phenoxy) is 4. The zero-order chi connectivity index (χ0) is 23.1. The van der Waals surface area contributed by atoms with E-state index < -0.39 is 17.7 Å². The fourth-order valence-corrected chi connectivity index (χ4v) is 2.98. The number of benzene rings is 2. The molecule has 166 valence electrons. The van der Waals surface area contributed by atoms with E-state index in [-0.39, 0.29) is 16.4 Å². The molecule has 2 aromatic carbocycles. The second kappa shape index (κ2) is 10.8. The lowest BCUT2D eigenvalue weighted by Crippen LogP contribution is -2.36. The summed E-state index contributed by atoms with van der Waals surface area (Å²) in [5.41, 5.74) is 0.532. The molecule has 11 heteroatoms. The Balaban J connectivity index is 2.34. The van der Waals surface area contributed by atoms with Gasteiger partial charge in [0.1, 0.15) is 16.5 Å². The molecule has 0 saturated carbocycles. The minimum absolute atomic E-state index is 0.253. The fourth-order valence-electron chi connectivity index (χ4n) is 2.52. The van der Waals surface area contributed by atoms with Gasteiger partial charge in [-0.25, -0.2) is 4.42 Å². The van der Waals surface area contributed by atoms with Crippen LogP contribution < -0.4 is 23.4 Å². The number of rotatable bonds is 9. The summed E-state index contributed by atoms with van der Waals surface area (Å²) in [6.45, 7) is 1.21. The lowest BCUT2D eigenvalue weighted by molar-refractivity contribution is -0.126. The summed E-state index contributed by atoms with van der Waals surface area (Å²) >= 11 is 12.3. The van der Waals surface area contributed by atoms with Crippen LogP contribution in [-0.4, -0.2) is 46.2 Å². The van der Waals surface area contributed by atoms with Gasteiger partial charge in [0.2, 0.25) is 6.04 Å². The third-order valence-corrected chi connectivity index (χ3v) is 4.86. The van der Waals surface area contributed by atoms with Crippen molar-refractivity contribution in [2.75, 3.05) is 32.9 Å². The van der Waals surface area contributed by atoms with Crippen LogP contribution in [0.2, 0.25) is 5.02 Å². The second-order valence-electron chi connectivity index (χ2n) is 6.05. The highest BCUT2D eigenvalue weighted by molar-refractivity contribution is 6.39. The Kier molecular flexibility index (Phi) is 8.47. The summed E-state index contributed by atoms with van der Waals surface area (Å²) in [6.07, 6.45) is 0. The van der Waals surface area contributed by atoms with Gasteiger partial charge >= 0.3 is 0 Å². The van der Waals surface area contributed by atoms with Gasteiger partial charge < -0.3 is 18.9 Å². The van der Waals surface area contributed by atoms with Crippen LogP contribution in [0, 0.1) is 0 Å². The minimum atomic E-state index is -1.47. The molecule has 9 nitrogen and oxygen atoms in total. The molecule has 0 fully saturated rings. The van der Waals surface area contributed by atoms with Crippen LogP contribution in [0.5, 0.6) is 23.0 Å². The Bertz CT molecular complexity index is 974. The first-order chi connectivity index (χ1) is 14.8. The maximum atomic E-state index is 12.8. The summed E-state index contributed by atoms with van der Waals surface area (Å²) in [5.74, 6) is 0.0674. The molecule has 0 aliphatic rings. The van der Waals surface area contributed by atoms with Crippen molar-refractivity contribution in [1.29, 1.82) is 0 Å². The Morgan fingerprint density at radius 1 is 0.903 bits per heavy atom. The highest BCUT2D eigenvalue weighted by atomic mass is 35.5. The Morgan fingerprint density at radius 2 is 1.45 bits per heavy atom. The molecule has 0 saturated heterocycles. The molecule has 0 aliphatic heterocycles. The summed E-state index contributed by atoms with van der Waals surface area (Å²) in [6, 6.07) is 6.11. The summed E-state index contributed by atoms with van der Waals surface area (Å²) in [5, 5.41) is 8.12. The van der Waals surface area contributed by atoms with Crippen molar-refractivity contribution in [2.24, 2.45) is 10.2 Å². The molecule has 0 N–H and O–H groups in total. The molecule has 1 amide bonds.